The molecule has 0 saturated carbocycles. The number of nitro groups is 1. The Kier molecular flexibility index (Phi) is 4.04. The first kappa shape index (κ1) is 16.8. The van der Waals surface area contributed by atoms with E-state index in [9.17, 15) is 14.9 Å². The largest absolute Gasteiger partial charge is 0.296 e. The van der Waals surface area contributed by atoms with Crippen molar-refractivity contribution in [3.05, 3.63) is 61.6 Å². The summed E-state index contributed by atoms with van der Waals surface area (Å²) in [7, 11) is 0. The number of carbonyl (C=O) groups is 1. The van der Waals surface area contributed by atoms with Crippen LogP contribution in [-0.4, -0.2) is 31.0 Å². The number of nitrogens with zero attached hydrogens (tertiary/aromatic N) is 5. The Morgan fingerprint density at radius 2 is 2.12 bits per heavy atom. The quantitative estimate of drug-likeness (QED) is 0.353. The van der Waals surface area contributed by atoms with Crippen molar-refractivity contribution in [1.29, 1.82) is 0 Å². The smallest absolute Gasteiger partial charge is 0.285 e. The Morgan fingerprint density at radius 3 is 2.88 bits per heavy atom. The zero-order chi connectivity index (χ0) is 18.4. The van der Waals surface area contributed by atoms with Gasteiger partial charge in [-0.15, -0.1) is 0 Å². The average molecular weight is 435 g/mol. The molecule has 26 heavy (non-hydrogen) atoms. The Morgan fingerprint density at radius 1 is 1.31 bits per heavy atom. The fourth-order valence-corrected chi connectivity index (χ4v) is 3.31. The lowest BCUT2D eigenvalue weighted by molar-refractivity contribution is -0.383. The molecule has 0 saturated heterocycles. The van der Waals surface area contributed by atoms with Crippen LogP contribution in [0.25, 0.3) is 5.52 Å². The molecule has 0 aromatic carbocycles. The van der Waals surface area contributed by atoms with Gasteiger partial charge in [-0.1, -0.05) is 11.6 Å². The van der Waals surface area contributed by atoms with Crippen LogP contribution in [0.1, 0.15) is 22.6 Å². The van der Waals surface area contributed by atoms with E-state index in [0.717, 1.165) is 10.2 Å². The summed E-state index contributed by atoms with van der Waals surface area (Å²) in [5.41, 5.74) is 1.86. The molecule has 0 aliphatic carbocycles. The Balaban J connectivity index is 1.77. The van der Waals surface area contributed by atoms with Gasteiger partial charge in [0, 0.05) is 29.0 Å². The third kappa shape index (κ3) is 2.89. The lowest BCUT2D eigenvalue weighted by Gasteiger charge is -2.13. The topological polar surface area (TPSA) is 103 Å². The van der Waals surface area contributed by atoms with Gasteiger partial charge in [0.1, 0.15) is 11.2 Å². The van der Waals surface area contributed by atoms with Gasteiger partial charge in [-0.25, -0.2) is 9.51 Å². The highest BCUT2D eigenvalue weighted by atomic mass is 79.9. The molecule has 0 atom stereocenters. The van der Waals surface area contributed by atoms with Gasteiger partial charge < -0.3 is 0 Å². The molecule has 0 spiro atoms. The van der Waals surface area contributed by atoms with Crippen LogP contribution in [0, 0.1) is 10.1 Å². The maximum Gasteiger partial charge on any atom is 0.296 e. The van der Waals surface area contributed by atoms with Gasteiger partial charge in [0.15, 0.2) is 0 Å². The van der Waals surface area contributed by atoms with E-state index in [0.29, 0.717) is 24.2 Å². The molecule has 10 heteroatoms. The number of fused-ring (bicyclic) bond motifs is 2. The maximum atomic E-state index is 12.8. The van der Waals surface area contributed by atoms with Crippen LogP contribution in [0.4, 0.5) is 11.4 Å². The fraction of sp³-hybridized carbons (Fsp3) is 0.125. The first-order valence-corrected chi connectivity index (χ1v) is 8.69. The lowest BCUT2D eigenvalue weighted by atomic mass is 10.0. The van der Waals surface area contributed by atoms with Crippen LogP contribution in [-0.2, 0) is 6.42 Å². The molecule has 3 aromatic heterocycles. The normalized spacial score (nSPS) is 13.4. The van der Waals surface area contributed by atoms with E-state index in [1.54, 1.807) is 12.3 Å². The number of hydrogen-bond donors (Lipinski definition) is 0. The predicted octanol–water partition coefficient (Wildman–Crippen LogP) is 3.96. The van der Waals surface area contributed by atoms with Crippen LogP contribution < -0.4 is 0 Å². The molecular weight excluding hydrogens is 426 g/mol. The molecule has 1 aliphatic rings. The number of aromatic nitrogens is 3. The maximum absolute atomic E-state index is 12.8. The molecule has 0 radical (unpaired) electrons. The molecule has 8 nitrogen and oxygen atoms in total. The van der Waals surface area contributed by atoms with Crippen molar-refractivity contribution >= 4 is 55.9 Å². The van der Waals surface area contributed by atoms with E-state index >= 15 is 0 Å². The minimum atomic E-state index is -0.561. The minimum absolute atomic E-state index is 0.0838. The van der Waals surface area contributed by atoms with Gasteiger partial charge in [-0.2, -0.15) is 5.10 Å². The van der Waals surface area contributed by atoms with E-state index in [1.165, 1.54) is 22.8 Å². The molecule has 0 N–H and O–H groups in total. The molecule has 0 fully saturated rings. The molecule has 3 aromatic rings. The fourth-order valence-electron chi connectivity index (χ4n) is 2.80. The predicted molar refractivity (Wildman–Crippen MR) is 98.5 cm³/mol. The third-order valence-corrected chi connectivity index (χ3v) is 4.62. The standard InChI is InChI=1S/C16H9BrClN5O3/c17-8-3-12-10(19-6-8)1-2-11(20-12)16(24)13-5-14-15(23(25)26)4-9(18)7-22(14)21-13/h3-7H,1-2H2. The van der Waals surface area contributed by atoms with Gasteiger partial charge in [0.2, 0.25) is 5.78 Å². The summed E-state index contributed by atoms with van der Waals surface area (Å²) in [4.78, 5) is 32.1. The third-order valence-electron chi connectivity index (χ3n) is 3.98. The number of Topliss-reactive ketones (excluding diaryl/α,β-unsaturated/α-hetero) is 1. The van der Waals surface area contributed by atoms with Crippen molar-refractivity contribution in [2.24, 2.45) is 4.99 Å². The second-order valence-electron chi connectivity index (χ2n) is 5.67. The molecular formula is C16H9BrClN5O3. The van der Waals surface area contributed by atoms with Crippen LogP contribution >= 0.6 is 27.5 Å². The van der Waals surface area contributed by atoms with Crippen molar-refractivity contribution in [3.63, 3.8) is 0 Å². The first-order valence-electron chi connectivity index (χ1n) is 7.52. The number of aliphatic imine (C=N–C) groups is 1. The van der Waals surface area contributed by atoms with E-state index < -0.39 is 4.92 Å². The lowest BCUT2D eigenvalue weighted by Crippen LogP contribution is -2.18. The summed E-state index contributed by atoms with van der Waals surface area (Å²) >= 11 is 9.23. The monoisotopic (exact) mass is 433 g/mol. The molecule has 1 aliphatic heterocycles. The molecule has 4 heterocycles. The average Bonchev–Trinajstić information content (AvgIpc) is 3.03. The summed E-state index contributed by atoms with van der Waals surface area (Å²) in [5.74, 6) is -0.371. The summed E-state index contributed by atoms with van der Waals surface area (Å²) in [6.45, 7) is 0. The van der Waals surface area contributed by atoms with Crippen molar-refractivity contribution in [1.82, 2.24) is 14.6 Å². The van der Waals surface area contributed by atoms with Gasteiger partial charge in [-0.05, 0) is 34.8 Å². The SMILES string of the molecule is O=C(C1=Nc2cc(Br)cnc2CC1)c1cc2c([N+](=O)[O-])cc(Cl)cn2n1. The zero-order valence-electron chi connectivity index (χ0n) is 13.0. The van der Waals surface area contributed by atoms with Gasteiger partial charge in [0.05, 0.1) is 27.0 Å². The number of aryl methyl sites for hydroxylation is 1. The Labute approximate surface area is 159 Å². The molecule has 130 valence electrons. The highest BCUT2D eigenvalue weighted by Gasteiger charge is 2.24. The van der Waals surface area contributed by atoms with Gasteiger partial charge >= 0.3 is 0 Å². The van der Waals surface area contributed by atoms with Gasteiger partial charge in [0.25, 0.3) is 5.69 Å². The minimum Gasteiger partial charge on any atom is -0.285 e. The van der Waals surface area contributed by atoms with Crippen LogP contribution in [0.15, 0.2) is 40.1 Å². The van der Waals surface area contributed by atoms with Crippen LogP contribution in [0.5, 0.6) is 0 Å². The number of ketones is 1. The van der Waals surface area contributed by atoms with Gasteiger partial charge in [-0.3, -0.25) is 19.9 Å². The van der Waals surface area contributed by atoms with E-state index in [4.69, 9.17) is 11.6 Å². The van der Waals surface area contributed by atoms with E-state index in [-0.39, 0.29) is 27.7 Å². The second kappa shape index (κ2) is 6.26. The Hall–Kier alpha value is -2.65. The number of hydrogen-bond acceptors (Lipinski definition) is 6. The van der Waals surface area contributed by atoms with Crippen molar-refractivity contribution in [2.45, 2.75) is 12.8 Å². The summed E-state index contributed by atoms with van der Waals surface area (Å²) in [6.07, 6.45) is 4.12. The summed E-state index contributed by atoms with van der Waals surface area (Å²) in [6, 6.07) is 4.40. The highest BCUT2D eigenvalue weighted by Crippen LogP contribution is 2.29. The number of carbonyl (C=O) groups excluding carboxylic acids is 1. The summed E-state index contributed by atoms with van der Waals surface area (Å²) < 4.78 is 2.01. The Bertz CT molecular complexity index is 1120. The van der Waals surface area contributed by atoms with E-state index in [1.807, 2.05) is 0 Å². The van der Waals surface area contributed by atoms with Crippen molar-refractivity contribution in [2.75, 3.05) is 0 Å². The van der Waals surface area contributed by atoms with Crippen LogP contribution in [0.3, 0.4) is 0 Å². The molecule has 0 bridgehead atoms. The van der Waals surface area contributed by atoms with Crippen LogP contribution in [0.2, 0.25) is 5.02 Å². The van der Waals surface area contributed by atoms with Crippen molar-refractivity contribution < 1.29 is 9.72 Å². The molecule has 0 amide bonds. The zero-order valence-corrected chi connectivity index (χ0v) is 15.4. The highest BCUT2D eigenvalue weighted by molar-refractivity contribution is 9.10. The number of halogens is 2. The summed E-state index contributed by atoms with van der Waals surface area (Å²) in [5, 5.41) is 15.5. The molecule has 4 rings (SSSR count). The molecule has 0 unspecified atom stereocenters. The first-order chi connectivity index (χ1) is 12.4. The van der Waals surface area contributed by atoms with E-state index in [2.05, 4.69) is 31.0 Å². The number of rotatable bonds is 3. The second-order valence-corrected chi connectivity index (χ2v) is 7.02. The number of pyridine rings is 2. The van der Waals surface area contributed by atoms with Crippen molar-refractivity contribution in [3.8, 4) is 0 Å².